The van der Waals surface area contributed by atoms with E-state index in [4.69, 9.17) is 40.5 Å². The molecule has 12 heteroatoms. The maximum absolute atomic E-state index is 14.1. The molecule has 0 N–H and O–H groups in total. The van der Waals surface area contributed by atoms with Crippen molar-refractivity contribution in [2.75, 3.05) is 11.5 Å². The van der Waals surface area contributed by atoms with Crippen molar-refractivity contribution < 1.29 is 33.3 Å². The van der Waals surface area contributed by atoms with Crippen LogP contribution in [0.15, 0.2) is 163 Å². The molecular weight excluding hydrogens is 756 g/mol. The van der Waals surface area contributed by atoms with Gasteiger partial charge >= 0.3 is 17.9 Å². The molecule has 0 spiro atoms. The standard InChI is InChI=1S/C46H37ClN4O7/c1-46(39-22-12-14-26-49-39)28-36(34-21-11-13-25-48-34)50-35-27-33(47)23-24-37(35)51(46)42-41(58-45(54)32-19-9-4-10-20-32)40(57-44(53)31-17-7-3-8-18-31)38(56-42)29-55-43(52)30-15-5-2-6-16-30/h2-27,38,40-42H,28-29H2,1H3/t38-,40-,41-,42-,46?/m1/s1. The van der Waals surface area contributed by atoms with E-state index in [1.165, 1.54) is 0 Å². The summed E-state index contributed by atoms with van der Waals surface area (Å²) >= 11 is 6.65. The lowest BCUT2D eigenvalue weighted by atomic mass is 9.86. The first-order chi connectivity index (χ1) is 28.3. The summed E-state index contributed by atoms with van der Waals surface area (Å²) < 4.78 is 25.5. The van der Waals surface area contributed by atoms with Gasteiger partial charge in [0.15, 0.2) is 18.4 Å². The molecule has 0 aliphatic carbocycles. The minimum absolute atomic E-state index is 0.245. The molecule has 58 heavy (non-hydrogen) atoms. The quantitative estimate of drug-likeness (QED) is 0.0985. The van der Waals surface area contributed by atoms with Crippen molar-refractivity contribution in [1.29, 1.82) is 0 Å². The Balaban J connectivity index is 1.29. The van der Waals surface area contributed by atoms with E-state index in [1.54, 1.807) is 116 Å². The molecule has 8 rings (SSSR count). The van der Waals surface area contributed by atoms with Gasteiger partial charge in [0, 0.05) is 23.8 Å². The van der Waals surface area contributed by atoms with E-state index in [2.05, 4.69) is 4.98 Å². The zero-order chi connectivity index (χ0) is 40.1. The fourth-order valence-electron chi connectivity index (χ4n) is 7.31. The molecule has 6 aromatic rings. The highest BCUT2D eigenvalue weighted by Crippen LogP contribution is 2.48. The van der Waals surface area contributed by atoms with E-state index in [0.717, 1.165) is 0 Å². The molecule has 0 radical (unpaired) electrons. The second-order valence-corrected chi connectivity index (χ2v) is 14.4. The molecule has 1 unspecified atom stereocenters. The van der Waals surface area contributed by atoms with Crippen molar-refractivity contribution >= 4 is 46.6 Å². The van der Waals surface area contributed by atoms with Crippen molar-refractivity contribution in [3.05, 3.63) is 191 Å². The van der Waals surface area contributed by atoms with Crippen molar-refractivity contribution in [1.82, 2.24) is 9.97 Å². The number of nitrogens with zero attached hydrogens (tertiary/aromatic N) is 4. The number of esters is 3. The van der Waals surface area contributed by atoms with E-state index in [-0.39, 0.29) is 24.2 Å². The number of halogens is 1. The molecule has 1 fully saturated rings. The van der Waals surface area contributed by atoms with Crippen molar-refractivity contribution in [3.8, 4) is 0 Å². The summed E-state index contributed by atoms with van der Waals surface area (Å²) in [6, 6.07) is 42.0. The molecule has 0 bridgehead atoms. The van der Waals surface area contributed by atoms with Gasteiger partial charge in [-0.3, -0.25) is 9.97 Å². The third-order valence-corrected chi connectivity index (χ3v) is 10.3. The van der Waals surface area contributed by atoms with Crippen LogP contribution in [0.3, 0.4) is 0 Å². The predicted octanol–water partition coefficient (Wildman–Crippen LogP) is 8.41. The zero-order valence-corrected chi connectivity index (χ0v) is 32.0. The molecule has 2 aromatic heterocycles. The number of hydrogen-bond acceptors (Lipinski definition) is 11. The van der Waals surface area contributed by atoms with Gasteiger partial charge in [-0.25, -0.2) is 19.4 Å². The van der Waals surface area contributed by atoms with Crippen molar-refractivity contribution in [2.24, 2.45) is 4.99 Å². The van der Waals surface area contributed by atoms with Crippen molar-refractivity contribution in [2.45, 2.75) is 43.4 Å². The number of carbonyl (C=O) groups is 3. The smallest absolute Gasteiger partial charge is 0.338 e. The second-order valence-electron chi connectivity index (χ2n) is 13.9. The summed E-state index contributed by atoms with van der Waals surface area (Å²) in [7, 11) is 0. The van der Waals surface area contributed by atoms with Crippen LogP contribution < -0.4 is 4.90 Å². The Kier molecular flexibility index (Phi) is 11.1. The third-order valence-electron chi connectivity index (χ3n) is 10.1. The van der Waals surface area contributed by atoms with Crippen LogP contribution in [0.2, 0.25) is 5.02 Å². The SMILES string of the molecule is CC1(c2ccccn2)CC(c2ccccn2)=Nc2cc(Cl)ccc2N1[C@@H]1O[C@H](COC(=O)c2ccccc2)[C@@H](OC(=O)c2ccccc2)[C@H]1OC(=O)c1ccccc1. The van der Waals surface area contributed by atoms with Crippen LogP contribution in [0.5, 0.6) is 0 Å². The Hall–Kier alpha value is -6.69. The van der Waals surface area contributed by atoms with Gasteiger partial charge < -0.3 is 23.8 Å². The van der Waals surface area contributed by atoms with Gasteiger partial charge in [0.25, 0.3) is 0 Å². The largest absolute Gasteiger partial charge is 0.459 e. The Bertz CT molecular complexity index is 2420. The lowest BCUT2D eigenvalue weighted by Crippen LogP contribution is -2.56. The molecule has 2 aliphatic heterocycles. The van der Waals surface area contributed by atoms with Gasteiger partial charge in [0.1, 0.15) is 12.7 Å². The van der Waals surface area contributed by atoms with Crippen molar-refractivity contribution in [3.63, 3.8) is 0 Å². The lowest BCUT2D eigenvalue weighted by Gasteiger charge is -2.46. The molecule has 4 aromatic carbocycles. The van der Waals surface area contributed by atoms with Gasteiger partial charge in [-0.05, 0) is 85.8 Å². The maximum Gasteiger partial charge on any atom is 0.338 e. The molecule has 0 amide bonds. The number of aromatic nitrogens is 2. The summed E-state index contributed by atoms with van der Waals surface area (Å²) in [5.74, 6) is -1.98. The van der Waals surface area contributed by atoms with Gasteiger partial charge in [0.2, 0.25) is 0 Å². The number of anilines is 1. The Morgan fingerprint density at radius 1 is 0.707 bits per heavy atom. The first kappa shape index (κ1) is 38.2. The highest BCUT2D eigenvalue weighted by molar-refractivity contribution is 6.31. The number of carbonyl (C=O) groups excluding carboxylic acids is 3. The van der Waals surface area contributed by atoms with Crippen LogP contribution in [0.25, 0.3) is 0 Å². The number of pyridine rings is 2. The molecule has 290 valence electrons. The molecule has 4 heterocycles. The molecule has 5 atom stereocenters. The lowest BCUT2D eigenvalue weighted by molar-refractivity contribution is -0.0461. The number of rotatable bonds is 10. The summed E-state index contributed by atoms with van der Waals surface area (Å²) in [4.78, 5) is 58.0. The monoisotopic (exact) mass is 792 g/mol. The van der Waals surface area contributed by atoms with E-state index >= 15 is 0 Å². The van der Waals surface area contributed by atoms with Gasteiger partial charge in [-0.2, -0.15) is 0 Å². The van der Waals surface area contributed by atoms with Crippen LogP contribution in [-0.4, -0.2) is 64.7 Å². The van der Waals surface area contributed by atoms with E-state index in [1.807, 2.05) is 54.3 Å². The molecule has 11 nitrogen and oxygen atoms in total. The third kappa shape index (κ3) is 7.95. The number of fused-ring (bicyclic) bond motifs is 1. The summed E-state index contributed by atoms with van der Waals surface area (Å²) in [6.07, 6.45) is -1.25. The fraction of sp³-hybridized carbons (Fsp3) is 0.174. The first-order valence-corrected chi connectivity index (χ1v) is 19.1. The Morgan fingerprint density at radius 3 is 1.86 bits per heavy atom. The minimum atomic E-state index is -1.30. The number of aliphatic imine (C=N–C) groups is 1. The summed E-state index contributed by atoms with van der Waals surface area (Å²) in [6.45, 7) is 1.64. The molecule has 1 saturated heterocycles. The van der Waals surface area contributed by atoms with E-state index in [0.29, 0.717) is 39.1 Å². The Morgan fingerprint density at radius 2 is 1.28 bits per heavy atom. The summed E-state index contributed by atoms with van der Waals surface area (Å²) in [5.41, 5.74) is 2.71. The number of hydrogen-bond donors (Lipinski definition) is 0. The van der Waals surface area contributed by atoms with Gasteiger partial charge in [0.05, 0.1) is 50.7 Å². The van der Waals surface area contributed by atoms with Gasteiger partial charge in [-0.1, -0.05) is 78.3 Å². The predicted molar refractivity (Wildman–Crippen MR) is 217 cm³/mol. The average molecular weight is 793 g/mol. The van der Waals surface area contributed by atoms with E-state index in [9.17, 15) is 14.4 Å². The minimum Gasteiger partial charge on any atom is -0.459 e. The molecular formula is C46H37ClN4O7. The van der Waals surface area contributed by atoms with Crippen LogP contribution >= 0.6 is 11.6 Å². The van der Waals surface area contributed by atoms with Crippen LogP contribution in [0, 0.1) is 0 Å². The highest BCUT2D eigenvalue weighted by Gasteiger charge is 2.57. The number of ether oxygens (including phenoxy) is 4. The second kappa shape index (κ2) is 16.8. The van der Waals surface area contributed by atoms with Gasteiger partial charge in [-0.15, -0.1) is 0 Å². The maximum atomic E-state index is 14.1. The molecule has 0 saturated carbocycles. The molecule has 2 aliphatic rings. The fourth-order valence-corrected chi connectivity index (χ4v) is 7.48. The first-order valence-electron chi connectivity index (χ1n) is 18.7. The highest BCUT2D eigenvalue weighted by atomic mass is 35.5. The van der Waals surface area contributed by atoms with Crippen LogP contribution in [-0.2, 0) is 24.5 Å². The zero-order valence-electron chi connectivity index (χ0n) is 31.3. The van der Waals surface area contributed by atoms with Crippen LogP contribution in [0.1, 0.15) is 55.8 Å². The van der Waals surface area contributed by atoms with Crippen LogP contribution in [0.4, 0.5) is 11.4 Å². The van der Waals surface area contributed by atoms with E-state index < -0.39 is 48.0 Å². The Labute approximate surface area is 339 Å². The number of benzene rings is 4. The normalized spacial score (nSPS) is 21.2. The average Bonchev–Trinajstić information content (AvgIpc) is 3.52. The summed E-state index contributed by atoms with van der Waals surface area (Å²) in [5, 5.41) is 0.434. The topological polar surface area (TPSA) is 130 Å².